The Morgan fingerprint density at radius 2 is 2.00 bits per heavy atom. The highest BCUT2D eigenvalue weighted by atomic mass is 127. The van der Waals surface area contributed by atoms with E-state index in [1.807, 2.05) is 6.07 Å². The van der Waals surface area contributed by atoms with Gasteiger partial charge < -0.3 is 10.1 Å². The highest BCUT2D eigenvalue weighted by molar-refractivity contribution is 14.1. The van der Waals surface area contributed by atoms with Gasteiger partial charge in [-0.1, -0.05) is 36.4 Å². The molecule has 1 unspecified atom stereocenters. The maximum atomic E-state index is 13.8. The van der Waals surface area contributed by atoms with Gasteiger partial charge in [-0.05, 0) is 64.0 Å². The standard InChI is InChI=1S/C22H21ClIN5O5S/c23-21-26-14-19(24)20(27-21)25-11-4-5-12-35(33,18-10-6-9-17(13-18)29(31)32)28-22(30)34-15-16-7-2-1-3-8-16/h1-3,6-10,12-14H,4-5,11,15H2,(H,25,26,27)(H,28,30,33). The number of aromatic nitrogens is 2. The van der Waals surface area contributed by atoms with Crippen LogP contribution in [0.15, 0.2) is 65.7 Å². The number of nitrogens with one attached hydrogen (secondary N) is 2. The predicted octanol–water partition coefficient (Wildman–Crippen LogP) is 4.82. The van der Waals surface area contributed by atoms with Gasteiger partial charge in [-0.3, -0.25) is 10.1 Å². The molecule has 0 spiro atoms. The van der Waals surface area contributed by atoms with Crippen molar-refractivity contribution in [2.45, 2.75) is 24.3 Å². The molecule has 2 N–H and O–H groups in total. The van der Waals surface area contributed by atoms with Crippen molar-refractivity contribution in [3.63, 3.8) is 0 Å². The first-order chi connectivity index (χ1) is 16.8. The van der Waals surface area contributed by atoms with Crippen molar-refractivity contribution in [2.24, 2.45) is 0 Å². The molecule has 2 aromatic carbocycles. The van der Waals surface area contributed by atoms with Gasteiger partial charge >= 0.3 is 6.09 Å². The predicted molar refractivity (Wildman–Crippen MR) is 143 cm³/mol. The Morgan fingerprint density at radius 3 is 2.74 bits per heavy atom. The van der Waals surface area contributed by atoms with E-state index in [0.717, 1.165) is 9.13 Å². The second-order valence-corrected chi connectivity index (χ2v) is 10.8. The summed E-state index contributed by atoms with van der Waals surface area (Å²) < 4.78 is 22.2. The quantitative estimate of drug-likeness (QED) is 0.0814. The Morgan fingerprint density at radius 1 is 1.23 bits per heavy atom. The zero-order valence-corrected chi connectivity index (χ0v) is 22.0. The van der Waals surface area contributed by atoms with E-state index in [1.54, 1.807) is 30.5 Å². The van der Waals surface area contributed by atoms with Gasteiger partial charge in [0.1, 0.15) is 12.4 Å². The van der Waals surface area contributed by atoms with Crippen LogP contribution in [0.5, 0.6) is 0 Å². The molecule has 1 amide bonds. The van der Waals surface area contributed by atoms with Crippen molar-refractivity contribution in [1.82, 2.24) is 14.7 Å². The Balaban J connectivity index is 1.72. The lowest BCUT2D eigenvalue weighted by Gasteiger charge is -2.14. The first kappa shape index (κ1) is 26.6. The second kappa shape index (κ2) is 12.7. The number of ether oxygens (including phenoxy) is 1. The summed E-state index contributed by atoms with van der Waals surface area (Å²) >= 11 is 7.90. The fourth-order valence-corrected chi connectivity index (χ4v) is 5.25. The number of benzene rings is 2. The minimum absolute atomic E-state index is 0.0127. The first-order valence-corrected chi connectivity index (χ1v) is 13.4. The van der Waals surface area contributed by atoms with Crippen LogP contribution in [0, 0.1) is 13.7 Å². The highest BCUT2D eigenvalue weighted by Gasteiger charge is 2.18. The zero-order valence-electron chi connectivity index (χ0n) is 18.2. The Bertz CT molecular complexity index is 1320. The first-order valence-electron chi connectivity index (χ1n) is 10.3. The Kier molecular flexibility index (Phi) is 9.63. The third-order valence-electron chi connectivity index (χ3n) is 4.57. The van der Waals surface area contributed by atoms with Gasteiger partial charge in [-0.25, -0.2) is 18.7 Å². The van der Waals surface area contributed by atoms with E-state index in [0.29, 0.717) is 25.2 Å². The molecule has 1 atom stereocenters. The van der Waals surface area contributed by atoms with Crippen LogP contribution in [-0.4, -0.2) is 37.1 Å². The van der Waals surface area contributed by atoms with Crippen molar-refractivity contribution in [3.8, 4) is 0 Å². The number of rotatable bonds is 10. The normalized spacial score (nSPS) is 12.3. The summed E-state index contributed by atoms with van der Waals surface area (Å²) in [5, 5.41) is 15.9. The molecule has 0 aliphatic carbocycles. The van der Waals surface area contributed by atoms with E-state index < -0.39 is 20.7 Å². The molecule has 0 fully saturated rings. The lowest BCUT2D eigenvalue weighted by atomic mass is 10.2. The summed E-state index contributed by atoms with van der Waals surface area (Å²) in [4.78, 5) is 31.2. The van der Waals surface area contributed by atoms with Crippen LogP contribution in [0.3, 0.4) is 0 Å². The number of non-ortho nitro benzene ring substituents is 1. The van der Waals surface area contributed by atoms with Gasteiger partial charge in [0.25, 0.3) is 5.69 Å². The van der Waals surface area contributed by atoms with Crippen LogP contribution in [-0.2, 0) is 21.1 Å². The summed E-state index contributed by atoms with van der Waals surface area (Å²) in [5.41, 5.74) is 0.527. The number of amides is 1. The smallest absolute Gasteiger partial charge is 0.419 e. The number of carbonyl (C=O) groups is 1. The van der Waals surface area contributed by atoms with Gasteiger partial charge in [0.15, 0.2) is 0 Å². The molecule has 0 aliphatic heterocycles. The molecule has 1 aromatic heterocycles. The molecule has 13 heteroatoms. The molecular weight excluding hydrogens is 609 g/mol. The molecule has 3 rings (SSSR count). The fraction of sp³-hybridized carbons (Fsp3) is 0.182. The molecule has 10 nitrogen and oxygen atoms in total. The van der Waals surface area contributed by atoms with Crippen LogP contribution in [0.25, 0.3) is 0 Å². The van der Waals surface area contributed by atoms with Crippen molar-refractivity contribution >= 4 is 66.9 Å². The fourth-order valence-electron chi connectivity index (χ4n) is 2.89. The largest absolute Gasteiger partial charge is 0.444 e. The van der Waals surface area contributed by atoms with Crippen LogP contribution in [0.2, 0.25) is 5.28 Å². The number of carbonyl (C=O) groups excluding carboxylic acids is 1. The zero-order chi connectivity index (χ0) is 25.3. The number of hydrogen-bond acceptors (Lipinski definition) is 8. The highest BCUT2D eigenvalue weighted by Crippen LogP contribution is 2.19. The second-order valence-electron chi connectivity index (χ2n) is 7.09. The molecule has 0 radical (unpaired) electrons. The molecule has 35 heavy (non-hydrogen) atoms. The Labute approximate surface area is 220 Å². The van der Waals surface area contributed by atoms with Gasteiger partial charge in [-0.15, -0.1) is 0 Å². The number of nitro benzene ring substituents is 1. The number of halogens is 2. The lowest BCUT2D eigenvalue weighted by molar-refractivity contribution is -0.385. The summed E-state index contributed by atoms with van der Waals surface area (Å²) in [7, 11) is -3.32. The van der Waals surface area contributed by atoms with Crippen molar-refractivity contribution in [3.05, 3.63) is 85.3 Å². The minimum atomic E-state index is -3.32. The minimum Gasteiger partial charge on any atom is -0.444 e. The van der Waals surface area contributed by atoms with Gasteiger partial charge in [0.05, 0.1) is 23.1 Å². The summed E-state index contributed by atoms with van der Waals surface area (Å²) in [5.74, 6) is 0.577. The van der Waals surface area contributed by atoms with E-state index in [-0.39, 0.29) is 22.5 Å². The van der Waals surface area contributed by atoms with Crippen LogP contribution < -0.4 is 10.0 Å². The molecule has 184 valence electrons. The van der Waals surface area contributed by atoms with E-state index >= 15 is 0 Å². The van der Waals surface area contributed by atoms with Crippen molar-refractivity contribution in [2.75, 3.05) is 11.9 Å². The monoisotopic (exact) mass is 629 g/mol. The van der Waals surface area contributed by atoms with E-state index in [4.69, 9.17) is 16.3 Å². The number of nitrogens with zero attached hydrogens (tertiary/aromatic N) is 3. The number of hydrogen-bond donors (Lipinski definition) is 2. The number of nitro groups is 1. The summed E-state index contributed by atoms with van der Waals surface area (Å²) in [6.07, 6.45) is 1.54. The maximum Gasteiger partial charge on any atom is 0.419 e. The number of anilines is 1. The van der Waals surface area contributed by atoms with Gasteiger partial charge in [-0.2, -0.15) is 4.98 Å². The third-order valence-corrected chi connectivity index (χ3v) is 7.67. The van der Waals surface area contributed by atoms with Gasteiger partial charge in [0.2, 0.25) is 5.28 Å². The van der Waals surface area contributed by atoms with E-state index in [9.17, 15) is 19.1 Å². The third kappa shape index (κ3) is 8.04. The summed E-state index contributed by atoms with van der Waals surface area (Å²) in [6.45, 7) is 0.462. The molecular formula is C22H21ClIN5O5S. The van der Waals surface area contributed by atoms with Crippen LogP contribution >= 0.6 is 34.2 Å². The SMILES string of the molecule is O=C(NS(=O)(=CCCCNc1nc(Cl)ncc1I)c1cccc([N+](=O)[O-])c1)OCc1ccccc1. The average molecular weight is 630 g/mol. The topological polar surface area (TPSA) is 136 Å². The molecule has 0 saturated carbocycles. The van der Waals surface area contributed by atoms with E-state index in [2.05, 4.69) is 42.6 Å². The van der Waals surface area contributed by atoms with Crippen LogP contribution in [0.4, 0.5) is 16.3 Å². The molecule has 1 heterocycles. The molecule has 0 saturated heterocycles. The van der Waals surface area contributed by atoms with Crippen molar-refractivity contribution in [1.29, 1.82) is 0 Å². The molecule has 0 bridgehead atoms. The summed E-state index contributed by atoms with van der Waals surface area (Å²) in [6, 6.07) is 14.4. The average Bonchev–Trinajstić information content (AvgIpc) is 2.85. The molecule has 3 aromatic rings. The van der Waals surface area contributed by atoms with Crippen LogP contribution in [0.1, 0.15) is 18.4 Å². The molecule has 0 aliphatic rings. The van der Waals surface area contributed by atoms with Crippen molar-refractivity contribution < 1.29 is 18.7 Å². The van der Waals surface area contributed by atoms with E-state index in [1.165, 1.54) is 29.6 Å². The lowest BCUT2D eigenvalue weighted by Crippen LogP contribution is -2.32. The number of unbranched alkanes of at least 4 members (excludes halogenated alkanes) is 1. The Hall–Kier alpha value is -2.97. The van der Waals surface area contributed by atoms with Gasteiger partial charge in [0, 0.05) is 24.9 Å². The maximum absolute atomic E-state index is 13.8.